The number of hydrogen-bond donors (Lipinski definition) is 0. The minimum atomic E-state index is -0.837. The van der Waals surface area contributed by atoms with Crippen molar-refractivity contribution in [2.75, 3.05) is 18.1 Å². The van der Waals surface area contributed by atoms with E-state index in [0.717, 1.165) is 11.4 Å². The maximum absolute atomic E-state index is 12.4. The molecule has 2 heterocycles. The lowest BCUT2D eigenvalue weighted by molar-refractivity contribution is -0.121. The number of esters is 1. The summed E-state index contributed by atoms with van der Waals surface area (Å²) < 4.78 is 6.46. The molecule has 0 radical (unpaired) electrons. The first-order chi connectivity index (χ1) is 13.0. The summed E-state index contributed by atoms with van der Waals surface area (Å²) in [6, 6.07) is 12.4. The zero-order chi connectivity index (χ0) is 19.4. The fourth-order valence-corrected chi connectivity index (χ4v) is 2.52. The van der Waals surface area contributed by atoms with Crippen molar-refractivity contribution in [1.82, 2.24) is 19.6 Å². The highest BCUT2D eigenvalue weighted by atomic mass is 16.5. The number of para-hydroxylation sites is 1. The quantitative estimate of drug-likeness (QED) is 0.497. The van der Waals surface area contributed by atoms with Gasteiger partial charge in [-0.3, -0.25) is 9.69 Å². The van der Waals surface area contributed by atoms with Gasteiger partial charge in [0, 0.05) is 17.1 Å². The third-order valence-corrected chi connectivity index (χ3v) is 3.73. The normalized spacial score (nSPS) is 10.4. The van der Waals surface area contributed by atoms with Gasteiger partial charge in [-0.2, -0.15) is 10.2 Å². The number of amides is 1. The summed E-state index contributed by atoms with van der Waals surface area (Å²) in [5.74, 6) is -1.27. The first kappa shape index (κ1) is 18.0. The van der Waals surface area contributed by atoms with Gasteiger partial charge in [0.15, 0.2) is 6.61 Å². The Labute approximate surface area is 154 Å². The Balaban J connectivity index is 1.72. The molecule has 0 aliphatic carbocycles. The summed E-state index contributed by atoms with van der Waals surface area (Å²) in [6.07, 6.45) is 0. The lowest BCUT2D eigenvalue weighted by atomic mass is 10.3. The summed E-state index contributed by atoms with van der Waals surface area (Å²) in [5, 5.41) is 13.0. The first-order valence-corrected chi connectivity index (χ1v) is 8.10. The smallest absolute Gasteiger partial charge is 0.378 e. The van der Waals surface area contributed by atoms with Crippen molar-refractivity contribution < 1.29 is 14.3 Å². The number of aromatic nitrogens is 4. The zero-order valence-corrected chi connectivity index (χ0v) is 14.8. The van der Waals surface area contributed by atoms with Gasteiger partial charge in [0.05, 0.1) is 6.07 Å². The van der Waals surface area contributed by atoms with E-state index in [0.29, 0.717) is 5.69 Å². The van der Waals surface area contributed by atoms with Crippen molar-refractivity contribution in [2.24, 2.45) is 0 Å². The Bertz CT molecular complexity index is 1040. The van der Waals surface area contributed by atoms with Crippen LogP contribution >= 0.6 is 0 Å². The summed E-state index contributed by atoms with van der Waals surface area (Å²) in [4.78, 5) is 34.1. The van der Waals surface area contributed by atoms with E-state index < -0.39 is 18.5 Å². The van der Waals surface area contributed by atoms with E-state index >= 15 is 0 Å². The Morgan fingerprint density at radius 3 is 2.67 bits per heavy atom. The van der Waals surface area contributed by atoms with Crippen LogP contribution in [0.5, 0.6) is 0 Å². The molecule has 0 N–H and O–H groups in total. The van der Waals surface area contributed by atoms with E-state index in [1.165, 1.54) is 9.42 Å². The van der Waals surface area contributed by atoms with Crippen LogP contribution in [0.1, 0.15) is 22.0 Å². The molecule has 0 aliphatic rings. The molecule has 0 saturated heterocycles. The third kappa shape index (κ3) is 3.90. The van der Waals surface area contributed by atoms with Crippen LogP contribution in [-0.4, -0.2) is 44.6 Å². The molecule has 0 atom stereocenters. The molecule has 136 valence electrons. The number of carbonyl (C=O) groups excluding carboxylic acids is 2. The minimum Gasteiger partial charge on any atom is -0.450 e. The van der Waals surface area contributed by atoms with Crippen LogP contribution in [-0.2, 0) is 9.53 Å². The zero-order valence-electron chi connectivity index (χ0n) is 14.8. The number of ether oxygens (including phenoxy) is 1. The topological polar surface area (TPSA) is 113 Å². The average Bonchev–Trinajstić information content (AvgIpc) is 3.09. The lowest BCUT2D eigenvalue weighted by Gasteiger charge is -2.19. The van der Waals surface area contributed by atoms with Crippen LogP contribution in [0.15, 0.2) is 36.4 Å². The average molecular weight is 364 g/mol. The predicted molar refractivity (Wildman–Crippen MR) is 94.9 cm³/mol. The molecule has 0 spiro atoms. The third-order valence-electron chi connectivity index (χ3n) is 3.73. The fourth-order valence-electron chi connectivity index (χ4n) is 2.52. The number of benzene rings is 1. The van der Waals surface area contributed by atoms with Gasteiger partial charge in [-0.05, 0) is 32.0 Å². The molecular formula is C18H16N6O3. The molecule has 0 bridgehead atoms. The van der Waals surface area contributed by atoms with Crippen molar-refractivity contribution in [3.8, 4) is 6.07 Å². The van der Waals surface area contributed by atoms with Crippen LogP contribution in [0.2, 0.25) is 0 Å². The van der Waals surface area contributed by atoms with Gasteiger partial charge in [0.2, 0.25) is 0 Å². The van der Waals surface area contributed by atoms with Gasteiger partial charge < -0.3 is 4.74 Å². The van der Waals surface area contributed by atoms with E-state index in [2.05, 4.69) is 15.1 Å². The number of carbonyl (C=O) groups is 2. The highest BCUT2D eigenvalue weighted by Crippen LogP contribution is 2.13. The van der Waals surface area contributed by atoms with Crippen molar-refractivity contribution in [3.05, 3.63) is 53.6 Å². The van der Waals surface area contributed by atoms with Crippen LogP contribution < -0.4 is 4.90 Å². The van der Waals surface area contributed by atoms with Gasteiger partial charge in [0.1, 0.15) is 6.54 Å². The second-order valence-corrected chi connectivity index (χ2v) is 5.74. The summed E-state index contributed by atoms with van der Waals surface area (Å²) >= 11 is 0. The van der Waals surface area contributed by atoms with E-state index in [-0.39, 0.29) is 18.1 Å². The molecule has 1 aromatic carbocycles. The van der Waals surface area contributed by atoms with Crippen molar-refractivity contribution in [3.63, 3.8) is 0 Å². The molecule has 9 heteroatoms. The number of nitriles is 1. The van der Waals surface area contributed by atoms with Gasteiger partial charge >= 0.3 is 5.97 Å². The summed E-state index contributed by atoms with van der Waals surface area (Å²) in [6.45, 7) is 2.94. The van der Waals surface area contributed by atoms with Gasteiger partial charge in [0.25, 0.3) is 17.5 Å². The SMILES string of the molecule is Cc1cc(C)n2nc(C(=O)OCC(=O)N(CC#N)c3ccccc3)nc2n1. The van der Waals surface area contributed by atoms with Crippen molar-refractivity contribution in [2.45, 2.75) is 13.8 Å². The monoisotopic (exact) mass is 364 g/mol. The van der Waals surface area contributed by atoms with Crippen LogP contribution in [0.4, 0.5) is 5.69 Å². The van der Waals surface area contributed by atoms with Crippen LogP contribution in [0, 0.1) is 25.2 Å². The predicted octanol–water partition coefficient (Wildman–Crippen LogP) is 1.45. The number of hydrogen-bond acceptors (Lipinski definition) is 7. The second kappa shape index (κ2) is 7.61. The summed E-state index contributed by atoms with van der Waals surface area (Å²) in [5.41, 5.74) is 2.06. The summed E-state index contributed by atoms with van der Waals surface area (Å²) in [7, 11) is 0. The minimum absolute atomic E-state index is 0.157. The van der Waals surface area contributed by atoms with Gasteiger partial charge in [-0.15, -0.1) is 5.10 Å². The number of aryl methyl sites for hydroxylation is 2. The molecule has 3 aromatic rings. The Hall–Kier alpha value is -3.80. The van der Waals surface area contributed by atoms with Crippen molar-refractivity contribution >= 4 is 23.3 Å². The molecular weight excluding hydrogens is 348 g/mol. The largest absolute Gasteiger partial charge is 0.450 e. The molecule has 1 amide bonds. The van der Waals surface area contributed by atoms with E-state index in [9.17, 15) is 9.59 Å². The highest BCUT2D eigenvalue weighted by molar-refractivity contribution is 5.96. The number of fused-ring (bicyclic) bond motifs is 1. The Kier molecular flexibility index (Phi) is 5.08. The molecule has 0 fully saturated rings. The van der Waals surface area contributed by atoms with Crippen LogP contribution in [0.25, 0.3) is 5.78 Å². The molecule has 0 saturated carbocycles. The first-order valence-electron chi connectivity index (χ1n) is 8.10. The lowest BCUT2D eigenvalue weighted by Crippen LogP contribution is -2.35. The Morgan fingerprint density at radius 1 is 1.22 bits per heavy atom. The number of anilines is 1. The molecule has 0 aliphatic heterocycles. The number of rotatable bonds is 5. The van der Waals surface area contributed by atoms with Gasteiger partial charge in [-0.25, -0.2) is 14.3 Å². The second-order valence-electron chi connectivity index (χ2n) is 5.74. The molecule has 2 aromatic heterocycles. The van der Waals surface area contributed by atoms with Crippen LogP contribution in [0.3, 0.4) is 0 Å². The standard InChI is InChI=1S/C18H16N6O3/c1-12-10-13(2)24-18(20-12)21-16(22-24)17(26)27-11-15(25)23(9-8-19)14-6-4-3-5-7-14/h3-7,10H,9,11H2,1-2H3. The van der Waals surface area contributed by atoms with E-state index in [1.807, 2.05) is 19.9 Å². The molecule has 9 nitrogen and oxygen atoms in total. The van der Waals surface area contributed by atoms with Gasteiger partial charge in [-0.1, -0.05) is 18.2 Å². The fraction of sp³-hybridized carbons (Fsp3) is 0.222. The molecule has 0 unspecified atom stereocenters. The highest BCUT2D eigenvalue weighted by Gasteiger charge is 2.21. The molecule has 27 heavy (non-hydrogen) atoms. The van der Waals surface area contributed by atoms with E-state index in [1.54, 1.807) is 36.4 Å². The number of nitrogens with zero attached hydrogens (tertiary/aromatic N) is 6. The maximum atomic E-state index is 12.4. The van der Waals surface area contributed by atoms with E-state index in [4.69, 9.17) is 10.00 Å². The molecule has 3 rings (SSSR count). The maximum Gasteiger partial charge on any atom is 0.378 e. The van der Waals surface area contributed by atoms with Crippen molar-refractivity contribution in [1.29, 1.82) is 5.26 Å². The Morgan fingerprint density at radius 2 is 1.96 bits per heavy atom.